The second-order valence-electron chi connectivity index (χ2n) is 6.00. The third-order valence-electron chi connectivity index (χ3n) is 4.41. The van der Waals surface area contributed by atoms with Gasteiger partial charge in [-0.05, 0) is 36.8 Å². The van der Waals surface area contributed by atoms with Crippen LogP contribution < -0.4 is 5.73 Å². The van der Waals surface area contributed by atoms with Gasteiger partial charge in [0.2, 0.25) is 5.91 Å². The van der Waals surface area contributed by atoms with Crippen molar-refractivity contribution in [2.45, 2.75) is 19.8 Å². The number of amides is 2. The summed E-state index contributed by atoms with van der Waals surface area (Å²) in [6.07, 6.45) is 1.32. The van der Waals surface area contributed by atoms with Crippen molar-refractivity contribution in [3.63, 3.8) is 0 Å². The number of thiophene rings is 1. The van der Waals surface area contributed by atoms with Crippen LogP contribution in [0.3, 0.4) is 0 Å². The Morgan fingerprint density at radius 2 is 1.78 bits per heavy atom. The maximum atomic E-state index is 12.8. The third-order valence-corrected chi connectivity index (χ3v) is 5.31. The summed E-state index contributed by atoms with van der Waals surface area (Å²) in [4.78, 5) is 26.7. The first-order valence-corrected chi connectivity index (χ1v) is 8.67. The third kappa shape index (κ3) is 3.29. The summed E-state index contributed by atoms with van der Waals surface area (Å²) in [6, 6.07) is 10.2. The number of benzene rings is 1. The summed E-state index contributed by atoms with van der Waals surface area (Å²) >= 11 is 1.47. The van der Waals surface area contributed by atoms with Gasteiger partial charge in [-0.15, -0.1) is 11.3 Å². The summed E-state index contributed by atoms with van der Waals surface area (Å²) in [6.45, 7) is 3.24. The van der Waals surface area contributed by atoms with Crippen LogP contribution in [-0.2, 0) is 4.79 Å². The molecule has 2 heterocycles. The average Bonchev–Trinajstić information content (AvgIpc) is 3.04. The molecule has 1 aliphatic heterocycles. The largest absolute Gasteiger partial charge is 0.369 e. The molecule has 1 aromatic carbocycles. The van der Waals surface area contributed by atoms with Crippen LogP contribution in [0.4, 0.5) is 0 Å². The van der Waals surface area contributed by atoms with Crippen LogP contribution in [0.2, 0.25) is 0 Å². The summed E-state index contributed by atoms with van der Waals surface area (Å²) < 4.78 is 0. The molecule has 0 bridgehead atoms. The van der Waals surface area contributed by atoms with Gasteiger partial charge in [-0.3, -0.25) is 9.59 Å². The Kier molecular flexibility index (Phi) is 4.48. The minimum atomic E-state index is -0.256. The van der Waals surface area contributed by atoms with Gasteiger partial charge in [0.1, 0.15) is 0 Å². The number of nitrogens with two attached hydrogens (primary N) is 1. The van der Waals surface area contributed by atoms with Gasteiger partial charge in [0.05, 0.1) is 4.88 Å². The fourth-order valence-corrected chi connectivity index (χ4v) is 3.83. The van der Waals surface area contributed by atoms with Crippen LogP contribution in [0, 0.1) is 12.8 Å². The van der Waals surface area contributed by atoms with Gasteiger partial charge in [0.15, 0.2) is 0 Å². The lowest BCUT2D eigenvalue weighted by molar-refractivity contribution is -0.123. The van der Waals surface area contributed by atoms with Gasteiger partial charge < -0.3 is 10.6 Å². The number of nitrogens with zero attached hydrogens (tertiary/aromatic N) is 1. The van der Waals surface area contributed by atoms with E-state index in [1.165, 1.54) is 16.9 Å². The SMILES string of the molecule is Cc1ccc(-c2ccsc2C(=O)N2CCC(C(N)=O)CC2)cc1. The molecule has 4 nitrogen and oxygen atoms in total. The van der Waals surface area contributed by atoms with Gasteiger partial charge in [0.25, 0.3) is 5.91 Å². The van der Waals surface area contributed by atoms with E-state index in [-0.39, 0.29) is 17.7 Å². The lowest BCUT2D eigenvalue weighted by atomic mass is 9.96. The molecule has 0 unspecified atom stereocenters. The molecule has 0 aliphatic carbocycles. The monoisotopic (exact) mass is 328 g/mol. The second kappa shape index (κ2) is 6.54. The van der Waals surface area contributed by atoms with E-state index in [1.54, 1.807) is 0 Å². The summed E-state index contributed by atoms with van der Waals surface area (Å²) in [5.41, 5.74) is 8.60. The first kappa shape index (κ1) is 15.7. The molecule has 1 aliphatic rings. The first-order valence-electron chi connectivity index (χ1n) is 7.79. The lowest BCUT2D eigenvalue weighted by Crippen LogP contribution is -2.41. The number of carbonyl (C=O) groups is 2. The molecule has 2 N–H and O–H groups in total. The molecule has 1 aromatic heterocycles. The summed E-state index contributed by atoms with van der Waals surface area (Å²) in [5, 5.41) is 1.96. The smallest absolute Gasteiger partial charge is 0.264 e. The Balaban J connectivity index is 1.78. The Labute approximate surface area is 139 Å². The molecule has 3 rings (SSSR count). The van der Waals surface area contributed by atoms with Gasteiger partial charge in [-0.2, -0.15) is 0 Å². The number of hydrogen-bond donors (Lipinski definition) is 1. The predicted molar refractivity (Wildman–Crippen MR) is 92.3 cm³/mol. The number of carbonyl (C=O) groups excluding carboxylic acids is 2. The molecule has 5 heteroatoms. The van der Waals surface area contributed by atoms with Crippen molar-refractivity contribution in [2.24, 2.45) is 11.7 Å². The first-order chi connectivity index (χ1) is 11.1. The van der Waals surface area contributed by atoms with Gasteiger partial charge in [0, 0.05) is 24.6 Å². The maximum Gasteiger partial charge on any atom is 0.264 e. The topological polar surface area (TPSA) is 63.4 Å². The van der Waals surface area contributed by atoms with Crippen molar-refractivity contribution in [1.29, 1.82) is 0 Å². The van der Waals surface area contributed by atoms with Crippen LogP contribution in [0.1, 0.15) is 28.1 Å². The van der Waals surface area contributed by atoms with E-state index in [1.807, 2.05) is 35.4 Å². The highest BCUT2D eigenvalue weighted by molar-refractivity contribution is 7.12. The number of aryl methyl sites for hydroxylation is 1. The molecule has 1 saturated heterocycles. The molecule has 0 radical (unpaired) electrons. The van der Waals surface area contributed by atoms with Gasteiger partial charge in [-0.1, -0.05) is 29.8 Å². The van der Waals surface area contributed by atoms with Crippen LogP contribution >= 0.6 is 11.3 Å². The molecule has 23 heavy (non-hydrogen) atoms. The normalized spacial score (nSPS) is 15.6. The van der Waals surface area contributed by atoms with Crippen molar-refractivity contribution in [3.8, 4) is 11.1 Å². The molecular weight excluding hydrogens is 308 g/mol. The van der Waals surface area contributed by atoms with Crippen LogP contribution in [0.25, 0.3) is 11.1 Å². The van der Waals surface area contributed by atoms with Crippen LogP contribution in [-0.4, -0.2) is 29.8 Å². The van der Waals surface area contributed by atoms with E-state index in [0.29, 0.717) is 25.9 Å². The van der Waals surface area contributed by atoms with Crippen molar-refractivity contribution in [3.05, 3.63) is 46.2 Å². The predicted octanol–water partition coefficient (Wildman–Crippen LogP) is 3.06. The van der Waals surface area contributed by atoms with Crippen molar-refractivity contribution in [1.82, 2.24) is 4.90 Å². The zero-order chi connectivity index (χ0) is 16.4. The summed E-state index contributed by atoms with van der Waals surface area (Å²) in [7, 11) is 0. The van der Waals surface area contributed by atoms with E-state index in [2.05, 4.69) is 12.1 Å². The maximum absolute atomic E-state index is 12.8. The summed E-state index contributed by atoms with van der Waals surface area (Å²) in [5.74, 6) is -0.300. The van der Waals surface area contributed by atoms with E-state index in [4.69, 9.17) is 5.73 Å². The Morgan fingerprint density at radius 1 is 1.13 bits per heavy atom. The number of piperidine rings is 1. The molecule has 0 spiro atoms. The van der Waals surface area contributed by atoms with Crippen molar-refractivity contribution < 1.29 is 9.59 Å². The molecular formula is C18H20N2O2S. The van der Waals surface area contributed by atoms with Gasteiger partial charge >= 0.3 is 0 Å². The molecule has 0 atom stereocenters. The van der Waals surface area contributed by atoms with E-state index in [9.17, 15) is 9.59 Å². The minimum absolute atomic E-state index is 0.0542. The number of rotatable bonds is 3. The Morgan fingerprint density at radius 3 is 2.39 bits per heavy atom. The van der Waals surface area contributed by atoms with E-state index < -0.39 is 0 Å². The van der Waals surface area contributed by atoms with Crippen molar-refractivity contribution >= 4 is 23.2 Å². The standard InChI is InChI=1S/C18H20N2O2S/c1-12-2-4-13(5-3-12)15-8-11-23-16(15)18(22)20-9-6-14(7-10-20)17(19)21/h2-5,8,11,14H,6-7,9-10H2,1H3,(H2,19,21). The molecule has 120 valence electrons. The van der Waals surface area contributed by atoms with E-state index >= 15 is 0 Å². The zero-order valence-corrected chi connectivity index (χ0v) is 13.9. The number of likely N-dealkylation sites (tertiary alicyclic amines) is 1. The highest BCUT2D eigenvalue weighted by Gasteiger charge is 2.28. The molecule has 1 fully saturated rings. The highest BCUT2D eigenvalue weighted by Crippen LogP contribution is 2.30. The fraction of sp³-hybridized carbons (Fsp3) is 0.333. The second-order valence-corrected chi connectivity index (χ2v) is 6.91. The lowest BCUT2D eigenvalue weighted by Gasteiger charge is -2.30. The Bertz CT molecular complexity index is 713. The van der Waals surface area contributed by atoms with E-state index in [0.717, 1.165) is 16.0 Å². The molecule has 2 amide bonds. The molecule has 2 aromatic rings. The quantitative estimate of drug-likeness (QED) is 0.941. The minimum Gasteiger partial charge on any atom is -0.369 e. The highest BCUT2D eigenvalue weighted by atomic mass is 32.1. The van der Waals surface area contributed by atoms with Gasteiger partial charge in [-0.25, -0.2) is 0 Å². The van der Waals surface area contributed by atoms with Crippen molar-refractivity contribution in [2.75, 3.05) is 13.1 Å². The van der Waals surface area contributed by atoms with Crippen LogP contribution in [0.15, 0.2) is 35.7 Å². The fourth-order valence-electron chi connectivity index (χ4n) is 2.95. The van der Waals surface area contributed by atoms with Crippen LogP contribution in [0.5, 0.6) is 0 Å². The Hall–Kier alpha value is -2.14. The number of primary amides is 1. The molecule has 0 saturated carbocycles. The zero-order valence-electron chi connectivity index (χ0n) is 13.1. The average molecular weight is 328 g/mol. The number of hydrogen-bond acceptors (Lipinski definition) is 3.